The first-order valence-electron chi connectivity index (χ1n) is 12.4. The summed E-state index contributed by atoms with van der Waals surface area (Å²) in [6.07, 6.45) is 7.26. The first-order chi connectivity index (χ1) is 16.1. The van der Waals surface area contributed by atoms with E-state index >= 15 is 0 Å². The largest absolute Gasteiger partial charge is 0.355 e. The van der Waals surface area contributed by atoms with Gasteiger partial charge in [-0.05, 0) is 74.9 Å². The number of anilines is 2. The maximum atomic E-state index is 13.0. The molecule has 0 spiro atoms. The highest BCUT2D eigenvalue weighted by Crippen LogP contribution is 2.26. The van der Waals surface area contributed by atoms with Crippen LogP contribution >= 0.6 is 0 Å². The minimum Gasteiger partial charge on any atom is -0.355 e. The standard InChI is InChI=1S/C27H36N4O2/c1-21-8-4-6-17-30(21)19-16-28-26(32)20-22-12-14-24(15-13-22)29-27(33)31-18-7-5-10-23-9-2-3-11-25(23)31/h2-3,9,11-15,21H,4-8,10,16-20H2,1H3,(H,28,32)(H,29,33)/t21-/m1/s1. The molecule has 0 unspecified atom stereocenters. The molecule has 4 rings (SSSR count). The molecule has 6 heteroatoms. The van der Waals surface area contributed by atoms with Crippen LogP contribution < -0.4 is 15.5 Å². The van der Waals surface area contributed by atoms with Gasteiger partial charge in [-0.25, -0.2) is 4.79 Å². The van der Waals surface area contributed by atoms with Crippen LogP contribution in [0.2, 0.25) is 0 Å². The Morgan fingerprint density at radius 3 is 2.58 bits per heavy atom. The van der Waals surface area contributed by atoms with E-state index in [1.54, 1.807) is 0 Å². The summed E-state index contributed by atoms with van der Waals surface area (Å²) >= 11 is 0. The highest BCUT2D eigenvalue weighted by Gasteiger charge is 2.21. The summed E-state index contributed by atoms with van der Waals surface area (Å²) in [4.78, 5) is 29.6. The Hall–Kier alpha value is -2.86. The predicted molar refractivity (Wildman–Crippen MR) is 134 cm³/mol. The summed E-state index contributed by atoms with van der Waals surface area (Å²) < 4.78 is 0. The number of piperidine rings is 1. The molecule has 0 aliphatic carbocycles. The molecule has 2 heterocycles. The van der Waals surface area contributed by atoms with Gasteiger partial charge in [-0.2, -0.15) is 0 Å². The molecule has 0 bridgehead atoms. The second kappa shape index (κ2) is 11.3. The normalized spacial score (nSPS) is 18.8. The summed E-state index contributed by atoms with van der Waals surface area (Å²) in [6.45, 7) is 5.73. The van der Waals surface area contributed by atoms with Crippen LogP contribution in [-0.4, -0.2) is 49.1 Å². The topological polar surface area (TPSA) is 64.7 Å². The van der Waals surface area contributed by atoms with Crippen LogP contribution in [-0.2, 0) is 17.6 Å². The molecule has 0 saturated carbocycles. The Balaban J connectivity index is 1.26. The van der Waals surface area contributed by atoms with E-state index in [1.807, 2.05) is 47.4 Å². The minimum atomic E-state index is -0.109. The van der Waals surface area contributed by atoms with Gasteiger partial charge in [0.15, 0.2) is 0 Å². The number of carbonyl (C=O) groups excluding carboxylic acids is 2. The zero-order valence-corrected chi connectivity index (χ0v) is 19.7. The molecule has 6 nitrogen and oxygen atoms in total. The quantitative estimate of drug-likeness (QED) is 0.679. The van der Waals surface area contributed by atoms with Gasteiger partial charge in [0.25, 0.3) is 0 Å². The molecule has 1 fully saturated rings. The Bertz CT molecular complexity index is 943. The van der Waals surface area contributed by atoms with E-state index in [0.29, 0.717) is 19.0 Å². The second-order valence-electron chi connectivity index (χ2n) is 9.27. The Morgan fingerprint density at radius 1 is 0.970 bits per heavy atom. The molecule has 2 aromatic rings. The van der Waals surface area contributed by atoms with E-state index in [4.69, 9.17) is 0 Å². The monoisotopic (exact) mass is 448 g/mol. The van der Waals surface area contributed by atoms with Crippen molar-refractivity contribution >= 4 is 23.3 Å². The third-order valence-corrected chi connectivity index (χ3v) is 6.84. The Morgan fingerprint density at radius 2 is 1.76 bits per heavy atom. The van der Waals surface area contributed by atoms with Gasteiger partial charge in [0, 0.05) is 37.1 Å². The number of hydrogen-bond donors (Lipinski definition) is 2. The lowest BCUT2D eigenvalue weighted by atomic mass is 10.0. The van der Waals surface area contributed by atoms with Crippen LogP contribution in [0.15, 0.2) is 48.5 Å². The van der Waals surface area contributed by atoms with E-state index < -0.39 is 0 Å². The van der Waals surface area contributed by atoms with Crippen molar-refractivity contribution in [1.29, 1.82) is 0 Å². The molecule has 176 valence electrons. The van der Waals surface area contributed by atoms with Gasteiger partial charge in [0.2, 0.25) is 5.91 Å². The first kappa shape index (κ1) is 23.3. The molecule has 0 radical (unpaired) electrons. The fourth-order valence-electron chi connectivity index (χ4n) is 4.88. The van der Waals surface area contributed by atoms with Crippen LogP contribution in [0.25, 0.3) is 0 Å². The first-order valence-corrected chi connectivity index (χ1v) is 12.4. The summed E-state index contributed by atoms with van der Waals surface area (Å²) in [5, 5.41) is 6.06. The molecule has 1 atom stereocenters. The van der Waals surface area contributed by atoms with Crippen molar-refractivity contribution < 1.29 is 9.59 Å². The molecule has 33 heavy (non-hydrogen) atoms. The highest BCUT2D eigenvalue weighted by molar-refractivity contribution is 6.02. The average molecular weight is 449 g/mol. The van der Waals surface area contributed by atoms with Crippen molar-refractivity contribution in [3.8, 4) is 0 Å². The third-order valence-electron chi connectivity index (χ3n) is 6.84. The van der Waals surface area contributed by atoms with E-state index in [2.05, 4.69) is 28.5 Å². The van der Waals surface area contributed by atoms with Crippen molar-refractivity contribution in [3.05, 3.63) is 59.7 Å². The number of aryl methyl sites for hydroxylation is 1. The SMILES string of the molecule is C[C@@H]1CCCCN1CCNC(=O)Cc1ccc(NC(=O)N2CCCCc3ccccc32)cc1. The smallest absolute Gasteiger partial charge is 0.326 e. The third kappa shape index (κ3) is 6.35. The molecule has 1 saturated heterocycles. The van der Waals surface area contributed by atoms with Gasteiger partial charge in [-0.3, -0.25) is 14.6 Å². The van der Waals surface area contributed by atoms with Crippen molar-refractivity contribution in [3.63, 3.8) is 0 Å². The van der Waals surface area contributed by atoms with Gasteiger partial charge in [0.1, 0.15) is 0 Å². The van der Waals surface area contributed by atoms with Gasteiger partial charge < -0.3 is 10.6 Å². The van der Waals surface area contributed by atoms with Crippen LogP contribution in [0.1, 0.15) is 50.2 Å². The van der Waals surface area contributed by atoms with Crippen molar-refractivity contribution in [2.75, 3.05) is 36.4 Å². The number of likely N-dealkylation sites (tertiary alicyclic amines) is 1. The molecule has 3 amide bonds. The highest BCUT2D eigenvalue weighted by atomic mass is 16.2. The number of rotatable bonds is 6. The molecular weight excluding hydrogens is 412 g/mol. The number of nitrogens with zero attached hydrogens (tertiary/aromatic N) is 2. The molecule has 0 aromatic heterocycles. The molecule has 2 aromatic carbocycles. The number of nitrogens with one attached hydrogen (secondary N) is 2. The van der Waals surface area contributed by atoms with Gasteiger partial charge >= 0.3 is 6.03 Å². The van der Waals surface area contributed by atoms with Crippen LogP contribution in [0, 0.1) is 0 Å². The van der Waals surface area contributed by atoms with Crippen molar-refractivity contribution in [2.45, 2.75) is 57.9 Å². The van der Waals surface area contributed by atoms with E-state index in [-0.39, 0.29) is 11.9 Å². The number of hydrogen-bond acceptors (Lipinski definition) is 3. The summed E-state index contributed by atoms with van der Waals surface area (Å²) in [5.74, 6) is 0.0395. The minimum absolute atomic E-state index is 0.0395. The summed E-state index contributed by atoms with van der Waals surface area (Å²) in [7, 11) is 0. The fraction of sp³-hybridized carbons (Fsp3) is 0.481. The second-order valence-corrected chi connectivity index (χ2v) is 9.27. The van der Waals surface area contributed by atoms with E-state index in [1.165, 1.54) is 24.8 Å². The zero-order chi connectivity index (χ0) is 23.0. The van der Waals surface area contributed by atoms with Crippen LogP contribution in [0.5, 0.6) is 0 Å². The maximum Gasteiger partial charge on any atom is 0.326 e. The van der Waals surface area contributed by atoms with Gasteiger partial charge in [0.05, 0.1) is 6.42 Å². The van der Waals surface area contributed by atoms with Crippen LogP contribution in [0.3, 0.4) is 0 Å². The van der Waals surface area contributed by atoms with Crippen LogP contribution in [0.4, 0.5) is 16.2 Å². The maximum absolute atomic E-state index is 13.0. The number of para-hydroxylation sites is 1. The number of benzene rings is 2. The van der Waals surface area contributed by atoms with Crippen molar-refractivity contribution in [2.24, 2.45) is 0 Å². The Kier molecular flexibility index (Phi) is 8.00. The molecule has 2 aliphatic rings. The number of carbonyl (C=O) groups is 2. The number of urea groups is 1. The summed E-state index contributed by atoms with van der Waals surface area (Å²) in [5.41, 5.74) is 3.91. The molecule has 2 aliphatic heterocycles. The lowest BCUT2D eigenvalue weighted by Gasteiger charge is -2.33. The molecular formula is C27H36N4O2. The lowest BCUT2D eigenvalue weighted by molar-refractivity contribution is -0.120. The Labute approximate surface area is 197 Å². The lowest BCUT2D eigenvalue weighted by Crippen LogP contribution is -2.42. The van der Waals surface area contributed by atoms with Crippen molar-refractivity contribution in [1.82, 2.24) is 10.2 Å². The number of fused-ring (bicyclic) bond motifs is 1. The number of amides is 3. The molecule has 2 N–H and O–H groups in total. The van der Waals surface area contributed by atoms with E-state index in [9.17, 15) is 9.59 Å². The summed E-state index contributed by atoms with van der Waals surface area (Å²) in [6, 6.07) is 16.2. The zero-order valence-electron chi connectivity index (χ0n) is 19.7. The van der Waals surface area contributed by atoms with Gasteiger partial charge in [-0.1, -0.05) is 36.8 Å². The average Bonchev–Trinajstić information content (AvgIpc) is 3.04. The van der Waals surface area contributed by atoms with E-state index in [0.717, 1.165) is 55.8 Å². The predicted octanol–water partition coefficient (Wildman–Crippen LogP) is 4.59. The van der Waals surface area contributed by atoms with Gasteiger partial charge in [-0.15, -0.1) is 0 Å². The fourth-order valence-corrected chi connectivity index (χ4v) is 4.88.